The Balaban J connectivity index is 1.88. The minimum Gasteiger partial charge on any atom is -0.299 e. The SMILES string of the molecule is CCC(C(=O)Nc1nnc(-c2ccccc2)s1)N(c1ccc(C)c(Cl)c1)S(C)(=O)=O. The van der Waals surface area contributed by atoms with Gasteiger partial charge in [-0.2, -0.15) is 0 Å². The lowest BCUT2D eigenvalue weighted by atomic mass is 10.1. The Bertz CT molecular complexity index is 1150. The van der Waals surface area contributed by atoms with Crippen molar-refractivity contribution in [2.45, 2.75) is 26.3 Å². The van der Waals surface area contributed by atoms with Crippen molar-refractivity contribution in [1.29, 1.82) is 0 Å². The number of aryl methyl sites for hydroxylation is 1. The molecule has 0 saturated heterocycles. The Kier molecular flexibility index (Phi) is 6.74. The van der Waals surface area contributed by atoms with Gasteiger partial charge >= 0.3 is 0 Å². The zero-order chi connectivity index (χ0) is 21.9. The van der Waals surface area contributed by atoms with E-state index in [4.69, 9.17) is 11.6 Å². The first-order chi connectivity index (χ1) is 14.2. The molecular weight excluding hydrogens is 444 g/mol. The van der Waals surface area contributed by atoms with Gasteiger partial charge in [0, 0.05) is 10.6 Å². The highest BCUT2D eigenvalue weighted by atomic mass is 35.5. The summed E-state index contributed by atoms with van der Waals surface area (Å²) in [5.74, 6) is -0.490. The van der Waals surface area contributed by atoms with Crippen LogP contribution in [0.15, 0.2) is 48.5 Å². The number of anilines is 2. The van der Waals surface area contributed by atoms with Crippen LogP contribution in [0, 0.1) is 6.92 Å². The molecule has 3 rings (SSSR count). The number of nitrogens with one attached hydrogen (secondary N) is 1. The molecule has 10 heteroatoms. The number of aromatic nitrogens is 2. The number of nitrogens with zero attached hydrogens (tertiary/aromatic N) is 3. The van der Waals surface area contributed by atoms with E-state index in [-0.39, 0.29) is 6.42 Å². The van der Waals surface area contributed by atoms with Gasteiger partial charge in [-0.3, -0.25) is 14.4 Å². The van der Waals surface area contributed by atoms with Crippen molar-refractivity contribution >= 4 is 49.7 Å². The highest BCUT2D eigenvalue weighted by Gasteiger charge is 2.32. The van der Waals surface area contributed by atoms with Gasteiger partial charge in [0.05, 0.1) is 11.9 Å². The smallest absolute Gasteiger partial charge is 0.250 e. The summed E-state index contributed by atoms with van der Waals surface area (Å²) in [7, 11) is -3.75. The van der Waals surface area contributed by atoms with Gasteiger partial charge in [-0.15, -0.1) is 10.2 Å². The van der Waals surface area contributed by atoms with Crippen molar-refractivity contribution in [3.05, 3.63) is 59.1 Å². The average Bonchev–Trinajstić information content (AvgIpc) is 3.16. The van der Waals surface area contributed by atoms with Gasteiger partial charge in [0.25, 0.3) is 0 Å². The van der Waals surface area contributed by atoms with Crippen LogP contribution >= 0.6 is 22.9 Å². The first-order valence-electron chi connectivity index (χ1n) is 9.16. The summed E-state index contributed by atoms with van der Waals surface area (Å²) in [6.07, 6.45) is 1.32. The Morgan fingerprint density at radius 2 is 1.90 bits per heavy atom. The second kappa shape index (κ2) is 9.11. The van der Waals surface area contributed by atoms with Crippen LogP contribution in [0.2, 0.25) is 5.02 Å². The fourth-order valence-electron chi connectivity index (χ4n) is 2.94. The van der Waals surface area contributed by atoms with Gasteiger partial charge in [0.15, 0.2) is 0 Å². The molecule has 0 fully saturated rings. The number of hydrogen-bond donors (Lipinski definition) is 1. The molecule has 30 heavy (non-hydrogen) atoms. The highest BCUT2D eigenvalue weighted by Crippen LogP contribution is 2.29. The fraction of sp³-hybridized carbons (Fsp3) is 0.250. The van der Waals surface area contributed by atoms with E-state index >= 15 is 0 Å². The number of carbonyl (C=O) groups excluding carboxylic acids is 1. The molecule has 0 saturated carbocycles. The number of halogens is 1. The molecule has 0 radical (unpaired) electrons. The largest absolute Gasteiger partial charge is 0.299 e. The van der Waals surface area contributed by atoms with Crippen LogP contribution in [0.1, 0.15) is 18.9 Å². The van der Waals surface area contributed by atoms with Gasteiger partial charge < -0.3 is 0 Å². The molecule has 1 atom stereocenters. The number of sulfonamides is 1. The maximum atomic E-state index is 13.0. The Hall–Kier alpha value is -2.49. The fourth-order valence-corrected chi connectivity index (χ4v) is 5.07. The molecule has 1 heterocycles. The number of rotatable bonds is 7. The van der Waals surface area contributed by atoms with Crippen molar-refractivity contribution in [3.63, 3.8) is 0 Å². The normalized spacial score (nSPS) is 12.4. The third-order valence-corrected chi connectivity index (χ3v) is 6.89. The predicted octanol–water partition coefficient (Wildman–Crippen LogP) is 4.35. The second-order valence-electron chi connectivity index (χ2n) is 6.68. The molecule has 7 nitrogen and oxygen atoms in total. The predicted molar refractivity (Wildman–Crippen MR) is 122 cm³/mol. The molecule has 3 aromatic rings. The molecule has 0 bridgehead atoms. The molecule has 1 N–H and O–H groups in total. The van der Waals surface area contributed by atoms with E-state index in [1.807, 2.05) is 37.3 Å². The molecule has 1 aromatic heterocycles. The van der Waals surface area contributed by atoms with Crippen LogP contribution in [-0.4, -0.2) is 36.8 Å². The molecular formula is C20H21ClN4O3S2. The van der Waals surface area contributed by atoms with Crippen molar-refractivity contribution in [3.8, 4) is 10.6 Å². The van der Waals surface area contributed by atoms with Crippen LogP contribution in [-0.2, 0) is 14.8 Å². The van der Waals surface area contributed by atoms with Crippen molar-refractivity contribution in [1.82, 2.24) is 10.2 Å². The molecule has 0 spiro atoms. The minimum absolute atomic E-state index is 0.259. The second-order valence-corrected chi connectivity index (χ2v) is 9.93. The maximum absolute atomic E-state index is 13.0. The summed E-state index contributed by atoms with van der Waals surface area (Å²) < 4.78 is 26.2. The van der Waals surface area contributed by atoms with E-state index in [0.29, 0.717) is 20.8 Å². The lowest BCUT2D eigenvalue weighted by Gasteiger charge is -2.30. The van der Waals surface area contributed by atoms with E-state index in [0.717, 1.165) is 21.7 Å². The van der Waals surface area contributed by atoms with Gasteiger partial charge in [-0.05, 0) is 31.0 Å². The first-order valence-corrected chi connectivity index (χ1v) is 12.2. The van der Waals surface area contributed by atoms with Crippen LogP contribution in [0.3, 0.4) is 0 Å². The lowest BCUT2D eigenvalue weighted by molar-refractivity contribution is -0.117. The molecule has 0 aliphatic rings. The summed E-state index contributed by atoms with van der Waals surface area (Å²) in [6.45, 7) is 3.56. The number of carbonyl (C=O) groups is 1. The van der Waals surface area contributed by atoms with E-state index in [2.05, 4.69) is 15.5 Å². The Labute approximate surface area is 184 Å². The molecule has 1 unspecified atom stereocenters. The van der Waals surface area contributed by atoms with E-state index in [1.54, 1.807) is 25.1 Å². The summed E-state index contributed by atoms with van der Waals surface area (Å²) >= 11 is 7.41. The molecule has 158 valence electrons. The Morgan fingerprint density at radius 1 is 1.20 bits per heavy atom. The van der Waals surface area contributed by atoms with E-state index < -0.39 is 22.0 Å². The van der Waals surface area contributed by atoms with E-state index in [9.17, 15) is 13.2 Å². The Morgan fingerprint density at radius 3 is 2.50 bits per heavy atom. The monoisotopic (exact) mass is 464 g/mol. The molecule has 2 aromatic carbocycles. The minimum atomic E-state index is -3.75. The molecule has 0 aliphatic heterocycles. The van der Waals surface area contributed by atoms with E-state index in [1.165, 1.54) is 11.3 Å². The molecule has 0 aliphatic carbocycles. The van der Waals surface area contributed by atoms with Gasteiger partial charge in [0.1, 0.15) is 11.0 Å². The summed E-state index contributed by atoms with van der Waals surface area (Å²) in [5, 5.41) is 12.2. The van der Waals surface area contributed by atoms with Crippen molar-refractivity contribution in [2.75, 3.05) is 15.9 Å². The van der Waals surface area contributed by atoms with Crippen molar-refractivity contribution in [2.24, 2.45) is 0 Å². The van der Waals surface area contributed by atoms with Gasteiger partial charge in [-0.25, -0.2) is 8.42 Å². The summed E-state index contributed by atoms with van der Waals surface area (Å²) in [5.41, 5.74) is 2.03. The third kappa shape index (κ3) is 4.97. The number of hydrogen-bond acceptors (Lipinski definition) is 6. The quantitative estimate of drug-likeness (QED) is 0.561. The van der Waals surface area contributed by atoms with Crippen LogP contribution in [0.4, 0.5) is 10.8 Å². The van der Waals surface area contributed by atoms with Gasteiger partial charge in [-0.1, -0.05) is 66.3 Å². The average molecular weight is 465 g/mol. The lowest BCUT2D eigenvalue weighted by Crippen LogP contribution is -2.47. The van der Waals surface area contributed by atoms with Crippen LogP contribution < -0.4 is 9.62 Å². The summed E-state index contributed by atoms with van der Waals surface area (Å²) in [6, 6.07) is 13.4. The van der Waals surface area contributed by atoms with Crippen LogP contribution in [0.5, 0.6) is 0 Å². The third-order valence-electron chi connectivity index (χ3n) is 4.42. The number of amides is 1. The van der Waals surface area contributed by atoms with Crippen LogP contribution in [0.25, 0.3) is 10.6 Å². The zero-order valence-electron chi connectivity index (χ0n) is 16.7. The highest BCUT2D eigenvalue weighted by molar-refractivity contribution is 7.92. The number of benzene rings is 2. The molecule has 1 amide bonds. The zero-order valence-corrected chi connectivity index (χ0v) is 19.1. The van der Waals surface area contributed by atoms with Gasteiger partial charge in [0.2, 0.25) is 21.1 Å². The topological polar surface area (TPSA) is 92.3 Å². The summed E-state index contributed by atoms with van der Waals surface area (Å²) in [4.78, 5) is 13.0. The maximum Gasteiger partial charge on any atom is 0.250 e. The standard InChI is InChI=1S/C20H21ClN4O3S2/c1-4-17(25(30(3,27)28)15-11-10-13(2)16(21)12-15)18(26)22-20-24-23-19(29-20)14-8-6-5-7-9-14/h5-12,17H,4H2,1-3H3,(H,22,24,26). The first kappa shape index (κ1) is 22.2. The van der Waals surface area contributed by atoms with Crippen molar-refractivity contribution < 1.29 is 13.2 Å².